The highest BCUT2D eigenvalue weighted by molar-refractivity contribution is 5.28. The smallest absolute Gasteiger partial charge is 0.119 e. The van der Waals surface area contributed by atoms with E-state index < -0.39 is 6.10 Å². The van der Waals surface area contributed by atoms with Gasteiger partial charge in [0.05, 0.1) is 12.7 Å². The molecule has 0 bridgehead atoms. The highest BCUT2D eigenvalue weighted by Gasteiger charge is 2.07. The maximum absolute atomic E-state index is 9.68. The fourth-order valence-corrected chi connectivity index (χ4v) is 1.56. The molecule has 0 fully saturated rings. The molecule has 4 heteroatoms. The fourth-order valence-electron chi connectivity index (χ4n) is 1.56. The van der Waals surface area contributed by atoms with Gasteiger partial charge in [-0.1, -0.05) is 12.1 Å². The van der Waals surface area contributed by atoms with Crippen molar-refractivity contribution >= 4 is 0 Å². The van der Waals surface area contributed by atoms with Crippen molar-refractivity contribution in [3.05, 3.63) is 29.8 Å². The molecule has 108 valence electrons. The summed E-state index contributed by atoms with van der Waals surface area (Å²) in [7, 11) is 1.93. The normalized spacial score (nSPS) is 14.4. The molecule has 0 saturated heterocycles. The van der Waals surface area contributed by atoms with Crippen molar-refractivity contribution in [2.45, 2.75) is 39.0 Å². The second-order valence-electron chi connectivity index (χ2n) is 4.93. The molecular formula is C15H25NO3. The standard InChI is InChI=1S/C15H25NO3/c1-11(2)18-9-14(17)10-19-15-7-5-13(6-8-15)12(3)16-4/h5-8,11-12,14,16-17H,9-10H2,1-4H3. The summed E-state index contributed by atoms with van der Waals surface area (Å²) >= 11 is 0. The van der Waals surface area contributed by atoms with Crippen LogP contribution in [-0.4, -0.2) is 37.6 Å². The van der Waals surface area contributed by atoms with Crippen LogP contribution in [0.4, 0.5) is 0 Å². The van der Waals surface area contributed by atoms with Crippen molar-refractivity contribution in [2.75, 3.05) is 20.3 Å². The molecule has 19 heavy (non-hydrogen) atoms. The Labute approximate surface area is 115 Å². The molecule has 1 rings (SSSR count). The summed E-state index contributed by atoms with van der Waals surface area (Å²) in [6.07, 6.45) is -0.477. The topological polar surface area (TPSA) is 50.7 Å². The molecular weight excluding hydrogens is 242 g/mol. The lowest BCUT2D eigenvalue weighted by molar-refractivity contribution is -0.0122. The van der Waals surface area contributed by atoms with Crippen LogP contribution in [0.5, 0.6) is 5.75 Å². The van der Waals surface area contributed by atoms with Gasteiger partial charge in [-0.25, -0.2) is 0 Å². The second-order valence-corrected chi connectivity index (χ2v) is 4.93. The van der Waals surface area contributed by atoms with Gasteiger partial charge in [-0.15, -0.1) is 0 Å². The molecule has 4 nitrogen and oxygen atoms in total. The van der Waals surface area contributed by atoms with Crippen LogP contribution in [0, 0.1) is 0 Å². The summed E-state index contributed by atoms with van der Waals surface area (Å²) < 4.78 is 10.8. The van der Waals surface area contributed by atoms with E-state index in [1.54, 1.807) is 0 Å². The first kappa shape index (κ1) is 16.0. The highest BCUT2D eigenvalue weighted by Crippen LogP contribution is 2.17. The molecule has 1 aromatic rings. The number of hydrogen-bond acceptors (Lipinski definition) is 4. The third-order valence-electron chi connectivity index (χ3n) is 2.88. The van der Waals surface area contributed by atoms with Crippen molar-refractivity contribution in [1.82, 2.24) is 5.32 Å². The number of rotatable bonds is 8. The molecule has 0 radical (unpaired) electrons. The number of hydrogen-bond donors (Lipinski definition) is 2. The molecule has 1 aromatic carbocycles. The Balaban J connectivity index is 2.37. The molecule has 0 amide bonds. The van der Waals surface area contributed by atoms with E-state index in [-0.39, 0.29) is 12.7 Å². The summed E-state index contributed by atoms with van der Waals surface area (Å²) in [6, 6.07) is 8.19. The summed E-state index contributed by atoms with van der Waals surface area (Å²) in [6.45, 7) is 6.52. The molecule has 0 spiro atoms. The molecule has 0 aliphatic rings. The molecule has 2 N–H and O–H groups in total. The van der Waals surface area contributed by atoms with Gasteiger partial charge < -0.3 is 19.9 Å². The van der Waals surface area contributed by atoms with E-state index >= 15 is 0 Å². The summed E-state index contributed by atoms with van der Waals surface area (Å²) in [4.78, 5) is 0. The predicted octanol–water partition coefficient (Wildman–Crippen LogP) is 2.13. The van der Waals surface area contributed by atoms with Crippen LogP contribution < -0.4 is 10.1 Å². The lowest BCUT2D eigenvalue weighted by atomic mass is 10.1. The first-order valence-electron chi connectivity index (χ1n) is 6.72. The zero-order valence-corrected chi connectivity index (χ0v) is 12.2. The van der Waals surface area contributed by atoms with Crippen LogP contribution in [0.15, 0.2) is 24.3 Å². The molecule has 2 unspecified atom stereocenters. The Hall–Kier alpha value is -1.10. The van der Waals surface area contributed by atoms with Gasteiger partial charge in [-0.05, 0) is 45.5 Å². The second kappa shape index (κ2) is 8.15. The quantitative estimate of drug-likeness (QED) is 0.757. The number of benzene rings is 1. The molecule has 2 atom stereocenters. The van der Waals surface area contributed by atoms with Gasteiger partial charge in [-0.2, -0.15) is 0 Å². The minimum absolute atomic E-state index is 0.122. The Kier molecular flexibility index (Phi) is 6.84. The Morgan fingerprint density at radius 2 is 1.74 bits per heavy atom. The van der Waals surface area contributed by atoms with E-state index in [2.05, 4.69) is 12.2 Å². The maximum Gasteiger partial charge on any atom is 0.119 e. The first-order chi connectivity index (χ1) is 9.02. The van der Waals surface area contributed by atoms with E-state index in [9.17, 15) is 5.11 Å². The van der Waals surface area contributed by atoms with E-state index in [1.807, 2.05) is 45.2 Å². The molecule has 0 saturated carbocycles. The van der Waals surface area contributed by atoms with Crippen LogP contribution >= 0.6 is 0 Å². The maximum atomic E-state index is 9.68. The largest absolute Gasteiger partial charge is 0.491 e. The fraction of sp³-hybridized carbons (Fsp3) is 0.600. The third kappa shape index (κ3) is 6.05. The number of aliphatic hydroxyl groups excluding tert-OH is 1. The van der Waals surface area contributed by atoms with Crippen molar-refractivity contribution in [2.24, 2.45) is 0 Å². The number of aliphatic hydroxyl groups is 1. The first-order valence-corrected chi connectivity index (χ1v) is 6.72. The van der Waals surface area contributed by atoms with Gasteiger partial charge in [0.25, 0.3) is 0 Å². The lowest BCUT2D eigenvalue weighted by Crippen LogP contribution is -2.25. The zero-order chi connectivity index (χ0) is 14.3. The SMILES string of the molecule is CNC(C)c1ccc(OCC(O)COC(C)C)cc1. The van der Waals surface area contributed by atoms with Gasteiger partial charge in [0.15, 0.2) is 0 Å². The van der Waals surface area contributed by atoms with Crippen LogP contribution in [0.2, 0.25) is 0 Å². The molecule has 0 aliphatic carbocycles. The van der Waals surface area contributed by atoms with Crippen LogP contribution in [0.3, 0.4) is 0 Å². The van der Waals surface area contributed by atoms with Crippen LogP contribution in [0.1, 0.15) is 32.4 Å². The van der Waals surface area contributed by atoms with Crippen molar-refractivity contribution in [3.8, 4) is 5.75 Å². The van der Waals surface area contributed by atoms with Gasteiger partial charge in [0.2, 0.25) is 0 Å². The van der Waals surface area contributed by atoms with Crippen LogP contribution in [0.25, 0.3) is 0 Å². The summed E-state index contributed by atoms with van der Waals surface area (Å²) in [5.41, 5.74) is 1.21. The lowest BCUT2D eigenvalue weighted by Gasteiger charge is -2.15. The minimum Gasteiger partial charge on any atom is -0.491 e. The van der Waals surface area contributed by atoms with E-state index in [0.717, 1.165) is 5.75 Å². The molecule has 0 aromatic heterocycles. The monoisotopic (exact) mass is 267 g/mol. The zero-order valence-electron chi connectivity index (χ0n) is 12.2. The van der Waals surface area contributed by atoms with Gasteiger partial charge in [0.1, 0.15) is 18.5 Å². The summed E-state index contributed by atoms with van der Waals surface area (Å²) in [5, 5.41) is 12.9. The average molecular weight is 267 g/mol. The number of nitrogens with one attached hydrogen (secondary N) is 1. The van der Waals surface area contributed by atoms with Crippen molar-refractivity contribution in [1.29, 1.82) is 0 Å². The van der Waals surface area contributed by atoms with E-state index in [1.165, 1.54) is 5.56 Å². The van der Waals surface area contributed by atoms with Gasteiger partial charge >= 0.3 is 0 Å². The van der Waals surface area contributed by atoms with Crippen molar-refractivity contribution < 1.29 is 14.6 Å². The van der Waals surface area contributed by atoms with E-state index in [4.69, 9.17) is 9.47 Å². The minimum atomic E-state index is -0.599. The van der Waals surface area contributed by atoms with E-state index in [0.29, 0.717) is 12.6 Å². The predicted molar refractivity (Wildman–Crippen MR) is 76.5 cm³/mol. The Bertz CT molecular complexity index is 351. The van der Waals surface area contributed by atoms with Crippen LogP contribution in [-0.2, 0) is 4.74 Å². The van der Waals surface area contributed by atoms with Crippen molar-refractivity contribution in [3.63, 3.8) is 0 Å². The number of ether oxygens (including phenoxy) is 2. The summed E-state index contributed by atoms with van der Waals surface area (Å²) in [5.74, 6) is 0.760. The van der Waals surface area contributed by atoms with Gasteiger partial charge in [0, 0.05) is 6.04 Å². The third-order valence-corrected chi connectivity index (χ3v) is 2.88. The highest BCUT2D eigenvalue weighted by atomic mass is 16.5. The van der Waals surface area contributed by atoms with Gasteiger partial charge in [-0.3, -0.25) is 0 Å². The Morgan fingerprint density at radius 3 is 2.26 bits per heavy atom. The average Bonchev–Trinajstić information content (AvgIpc) is 2.42. The molecule has 0 aliphatic heterocycles. The Morgan fingerprint density at radius 1 is 1.11 bits per heavy atom. The molecule has 0 heterocycles.